The molecule has 0 radical (unpaired) electrons. The van der Waals surface area contributed by atoms with E-state index >= 15 is 0 Å². The van der Waals surface area contributed by atoms with Crippen LogP contribution in [-0.4, -0.2) is 64.2 Å². The number of ether oxygens (including phenoxy) is 2. The van der Waals surface area contributed by atoms with Crippen molar-refractivity contribution >= 4 is 11.9 Å². The molecule has 1 saturated heterocycles. The Morgan fingerprint density at radius 2 is 1.93 bits per heavy atom. The van der Waals surface area contributed by atoms with Crippen LogP contribution in [0.15, 0.2) is 23.2 Å². The third kappa shape index (κ3) is 6.32. The highest BCUT2D eigenvalue weighted by molar-refractivity contribution is 5.80. The van der Waals surface area contributed by atoms with E-state index in [2.05, 4.69) is 22.5 Å². The van der Waals surface area contributed by atoms with Gasteiger partial charge in [0, 0.05) is 39.6 Å². The Kier molecular flexibility index (Phi) is 8.91. The van der Waals surface area contributed by atoms with Gasteiger partial charge in [0.2, 0.25) is 5.91 Å². The summed E-state index contributed by atoms with van der Waals surface area (Å²) in [5.74, 6) is 3.04. The summed E-state index contributed by atoms with van der Waals surface area (Å²) in [4.78, 5) is 18.7. The third-order valence-corrected chi connectivity index (χ3v) is 5.11. The lowest BCUT2D eigenvalue weighted by molar-refractivity contribution is -0.121. The van der Waals surface area contributed by atoms with Crippen LogP contribution >= 0.6 is 0 Å². The van der Waals surface area contributed by atoms with Gasteiger partial charge in [0.1, 0.15) is 0 Å². The van der Waals surface area contributed by atoms with Crippen LogP contribution in [0.2, 0.25) is 0 Å². The maximum Gasteiger partial charge on any atom is 0.220 e. The first-order valence-corrected chi connectivity index (χ1v) is 10.1. The normalized spacial score (nSPS) is 15.3. The van der Waals surface area contributed by atoms with E-state index in [0.29, 0.717) is 18.9 Å². The zero-order valence-electron chi connectivity index (χ0n) is 17.6. The number of methoxy groups -OCH3 is 2. The van der Waals surface area contributed by atoms with Crippen molar-refractivity contribution in [1.29, 1.82) is 0 Å². The van der Waals surface area contributed by atoms with Crippen molar-refractivity contribution in [3.05, 3.63) is 23.8 Å². The van der Waals surface area contributed by atoms with Crippen LogP contribution in [-0.2, 0) is 11.2 Å². The van der Waals surface area contributed by atoms with Gasteiger partial charge in [0.05, 0.1) is 14.2 Å². The molecule has 0 bridgehead atoms. The molecule has 2 N–H and O–H groups in total. The second-order valence-corrected chi connectivity index (χ2v) is 6.98. The summed E-state index contributed by atoms with van der Waals surface area (Å²) in [6.45, 7) is 5.50. The predicted molar refractivity (Wildman–Crippen MR) is 112 cm³/mol. The summed E-state index contributed by atoms with van der Waals surface area (Å²) in [6, 6.07) is 5.99. The zero-order chi connectivity index (χ0) is 20.4. The van der Waals surface area contributed by atoms with Gasteiger partial charge in [-0.25, -0.2) is 0 Å². The Bertz CT molecular complexity index is 655. The highest BCUT2D eigenvalue weighted by atomic mass is 16.5. The molecule has 2 rings (SSSR count). The van der Waals surface area contributed by atoms with Gasteiger partial charge >= 0.3 is 0 Å². The number of benzene rings is 1. The molecule has 0 atom stereocenters. The molecule has 0 unspecified atom stereocenters. The number of nitrogens with zero attached hydrogens (tertiary/aromatic N) is 2. The van der Waals surface area contributed by atoms with E-state index < -0.39 is 0 Å². The Hall–Kier alpha value is -2.44. The third-order valence-electron chi connectivity index (χ3n) is 5.11. The van der Waals surface area contributed by atoms with Crippen LogP contribution in [0.5, 0.6) is 11.5 Å². The monoisotopic (exact) mass is 390 g/mol. The molecule has 0 aromatic heterocycles. The molecule has 1 amide bonds. The first-order chi connectivity index (χ1) is 13.6. The van der Waals surface area contributed by atoms with Gasteiger partial charge in [-0.1, -0.05) is 6.07 Å². The molecule has 1 fully saturated rings. The van der Waals surface area contributed by atoms with E-state index in [9.17, 15) is 4.79 Å². The van der Waals surface area contributed by atoms with Gasteiger partial charge in [0.15, 0.2) is 17.5 Å². The van der Waals surface area contributed by atoms with Gasteiger partial charge in [-0.15, -0.1) is 0 Å². The molecule has 1 aliphatic rings. The summed E-state index contributed by atoms with van der Waals surface area (Å²) >= 11 is 0. The van der Waals surface area contributed by atoms with Gasteiger partial charge in [-0.3, -0.25) is 9.79 Å². The first kappa shape index (κ1) is 21.9. The molecule has 7 heteroatoms. The fraction of sp³-hybridized carbons (Fsp3) is 0.619. The summed E-state index contributed by atoms with van der Waals surface area (Å²) < 4.78 is 10.7. The van der Waals surface area contributed by atoms with Crippen molar-refractivity contribution in [2.75, 3.05) is 47.4 Å². The minimum absolute atomic E-state index is 0.133. The van der Waals surface area contributed by atoms with Crippen LogP contribution in [0.1, 0.15) is 31.7 Å². The number of hydrogen-bond donors (Lipinski definition) is 2. The topological polar surface area (TPSA) is 75.2 Å². The van der Waals surface area contributed by atoms with E-state index in [0.717, 1.165) is 56.4 Å². The molecule has 1 aromatic rings. The van der Waals surface area contributed by atoms with Crippen molar-refractivity contribution in [3.8, 4) is 11.5 Å². The Morgan fingerprint density at radius 3 is 2.54 bits per heavy atom. The maximum absolute atomic E-state index is 11.6. The standard InChI is InChI=1S/C21H34N4O3/c1-5-23-21(25-12-9-17(10-13-25)15-20(26)22-2)24-11-8-16-6-7-18(27-3)19(14-16)28-4/h6-7,14,17H,5,8-13,15H2,1-4H3,(H,22,26)(H,23,24). The van der Waals surface area contributed by atoms with E-state index in [-0.39, 0.29) is 5.91 Å². The number of nitrogens with one attached hydrogen (secondary N) is 2. The van der Waals surface area contributed by atoms with Crippen LogP contribution in [0.3, 0.4) is 0 Å². The molecule has 1 aromatic carbocycles. The molecular formula is C21H34N4O3. The van der Waals surface area contributed by atoms with Crippen LogP contribution in [0.4, 0.5) is 0 Å². The van der Waals surface area contributed by atoms with Gasteiger partial charge in [0.25, 0.3) is 0 Å². The quantitative estimate of drug-likeness (QED) is 0.525. The summed E-state index contributed by atoms with van der Waals surface area (Å²) in [5, 5.41) is 6.12. The number of carbonyl (C=O) groups is 1. The number of amides is 1. The Morgan fingerprint density at radius 1 is 1.21 bits per heavy atom. The average molecular weight is 391 g/mol. The largest absolute Gasteiger partial charge is 0.493 e. The van der Waals surface area contributed by atoms with E-state index in [1.165, 1.54) is 5.56 Å². The number of likely N-dealkylation sites (tertiary alicyclic amines) is 1. The van der Waals surface area contributed by atoms with Crippen LogP contribution < -0.4 is 20.1 Å². The number of aliphatic imine (C=N–C) groups is 1. The smallest absolute Gasteiger partial charge is 0.220 e. The van der Waals surface area contributed by atoms with Gasteiger partial charge in [-0.05, 0) is 49.8 Å². The zero-order valence-corrected chi connectivity index (χ0v) is 17.6. The SMILES string of the molecule is CCNC(=NCCc1ccc(OC)c(OC)c1)N1CCC(CC(=O)NC)CC1. The van der Waals surface area contributed by atoms with E-state index in [1.54, 1.807) is 21.3 Å². The van der Waals surface area contributed by atoms with Gasteiger partial charge in [-0.2, -0.15) is 0 Å². The number of rotatable bonds is 8. The molecule has 28 heavy (non-hydrogen) atoms. The Labute approximate surface area is 168 Å². The summed E-state index contributed by atoms with van der Waals surface area (Å²) in [7, 11) is 4.99. The Balaban J connectivity index is 1.91. The lowest BCUT2D eigenvalue weighted by Crippen LogP contribution is -2.46. The highest BCUT2D eigenvalue weighted by Gasteiger charge is 2.23. The second-order valence-electron chi connectivity index (χ2n) is 6.98. The average Bonchev–Trinajstić information content (AvgIpc) is 2.73. The molecule has 7 nitrogen and oxygen atoms in total. The molecule has 1 aliphatic heterocycles. The maximum atomic E-state index is 11.6. The molecule has 1 heterocycles. The van der Waals surface area contributed by atoms with Crippen LogP contribution in [0.25, 0.3) is 0 Å². The second kappa shape index (κ2) is 11.4. The number of hydrogen-bond acceptors (Lipinski definition) is 4. The molecular weight excluding hydrogens is 356 g/mol. The number of carbonyl (C=O) groups excluding carboxylic acids is 1. The summed E-state index contributed by atoms with van der Waals surface area (Å²) in [6.07, 6.45) is 3.50. The van der Waals surface area contributed by atoms with E-state index in [4.69, 9.17) is 14.5 Å². The minimum Gasteiger partial charge on any atom is -0.493 e. The number of piperidine rings is 1. The number of guanidine groups is 1. The molecule has 0 spiro atoms. The molecule has 156 valence electrons. The van der Waals surface area contributed by atoms with Crippen molar-refractivity contribution < 1.29 is 14.3 Å². The first-order valence-electron chi connectivity index (χ1n) is 10.1. The van der Waals surface area contributed by atoms with Crippen molar-refractivity contribution in [3.63, 3.8) is 0 Å². The van der Waals surface area contributed by atoms with Gasteiger partial charge < -0.3 is 25.0 Å². The summed E-state index contributed by atoms with van der Waals surface area (Å²) in [5.41, 5.74) is 1.17. The molecule has 0 aliphatic carbocycles. The van der Waals surface area contributed by atoms with Crippen molar-refractivity contribution in [1.82, 2.24) is 15.5 Å². The van der Waals surface area contributed by atoms with E-state index in [1.807, 2.05) is 18.2 Å². The lowest BCUT2D eigenvalue weighted by Gasteiger charge is -2.34. The molecule has 0 saturated carbocycles. The van der Waals surface area contributed by atoms with Crippen molar-refractivity contribution in [2.24, 2.45) is 10.9 Å². The fourth-order valence-corrected chi connectivity index (χ4v) is 3.47. The predicted octanol–water partition coefficient (Wildman–Crippen LogP) is 2.06. The fourth-order valence-electron chi connectivity index (χ4n) is 3.47. The lowest BCUT2D eigenvalue weighted by atomic mass is 9.93. The van der Waals surface area contributed by atoms with Crippen LogP contribution in [0, 0.1) is 5.92 Å². The van der Waals surface area contributed by atoms with Crippen molar-refractivity contribution in [2.45, 2.75) is 32.6 Å². The minimum atomic E-state index is 0.133. The highest BCUT2D eigenvalue weighted by Crippen LogP contribution is 2.27.